The van der Waals surface area contributed by atoms with Crippen LogP contribution in [0.15, 0.2) is 58.2 Å². The van der Waals surface area contributed by atoms with Crippen molar-refractivity contribution in [3.63, 3.8) is 0 Å². The van der Waals surface area contributed by atoms with Crippen molar-refractivity contribution in [3.05, 3.63) is 59.3 Å². The van der Waals surface area contributed by atoms with Crippen LogP contribution in [0.3, 0.4) is 0 Å². The largest absolute Gasteiger partial charge is 0.444 e. The quantitative estimate of drug-likeness (QED) is 0.419. The van der Waals surface area contributed by atoms with Gasteiger partial charge in [-0.05, 0) is 63.7 Å². The van der Waals surface area contributed by atoms with Crippen LogP contribution in [0.1, 0.15) is 65.0 Å². The third-order valence-electron chi connectivity index (χ3n) is 4.09. The number of alkyl carbamates (subject to hydrolysis) is 1. The maximum atomic E-state index is 11.8. The highest BCUT2D eigenvalue weighted by atomic mass is 16.6. The molecule has 0 heterocycles. The number of carbonyl (C=O) groups is 1. The lowest BCUT2D eigenvalue weighted by molar-refractivity contribution is 0.0523. The number of rotatable bonds is 9. The second-order valence-corrected chi connectivity index (χ2v) is 7.81. The number of hydrogen-bond donors (Lipinski definition) is 1. The summed E-state index contributed by atoms with van der Waals surface area (Å²) in [6, 6.07) is 8.10. The van der Waals surface area contributed by atoms with Crippen LogP contribution < -0.4 is 5.32 Å². The third kappa shape index (κ3) is 9.37. The van der Waals surface area contributed by atoms with Crippen LogP contribution in [-0.2, 0) is 11.3 Å². The molecule has 0 unspecified atom stereocenters. The topological polar surface area (TPSA) is 63.0 Å². The van der Waals surface area contributed by atoms with E-state index in [4.69, 9.17) is 9.73 Å². The number of benzene rings is 1. The first kappa shape index (κ1) is 24.3. The second kappa shape index (κ2) is 12.0. The van der Waals surface area contributed by atoms with Gasteiger partial charge >= 0.3 is 6.09 Å². The number of nitrogens with one attached hydrogen (secondary N) is 1. The Morgan fingerprint density at radius 3 is 2.41 bits per heavy atom. The first-order chi connectivity index (χ1) is 13.7. The number of amides is 1. The van der Waals surface area contributed by atoms with Crippen molar-refractivity contribution in [2.75, 3.05) is 7.05 Å². The first-order valence-electron chi connectivity index (χ1n) is 10.1. The van der Waals surface area contributed by atoms with Gasteiger partial charge in [-0.15, -0.1) is 6.58 Å². The summed E-state index contributed by atoms with van der Waals surface area (Å²) in [4.78, 5) is 20.9. The molecule has 0 saturated heterocycles. The average molecular weight is 398 g/mol. The third-order valence-corrected chi connectivity index (χ3v) is 4.09. The maximum absolute atomic E-state index is 11.8. The molecule has 0 fully saturated rings. The van der Waals surface area contributed by atoms with Gasteiger partial charge in [0.15, 0.2) is 0 Å². The minimum absolute atomic E-state index is 0.416. The highest BCUT2D eigenvalue weighted by Gasteiger charge is 2.15. The van der Waals surface area contributed by atoms with Crippen LogP contribution in [0.4, 0.5) is 4.79 Å². The minimum Gasteiger partial charge on any atom is -0.444 e. The van der Waals surface area contributed by atoms with Crippen LogP contribution in [0.2, 0.25) is 0 Å². The minimum atomic E-state index is -0.504. The van der Waals surface area contributed by atoms with Crippen LogP contribution in [0, 0.1) is 0 Å². The van der Waals surface area contributed by atoms with E-state index in [9.17, 15) is 4.79 Å². The number of hydrogen-bond acceptors (Lipinski definition) is 4. The molecule has 0 atom stereocenters. The predicted octanol–water partition coefficient (Wildman–Crippen LogP) is 5.85. The van der Waals surface area contributed by atoms with Gasteiger partial charge in [0.1, 0.15) is 5.60 Å². The molecule has 1 aromatic rings. The van der Waals surface area contributed by atoms with Crippen molar-refractivity contribution in [3.8, 4) is 0 Å². The molecule has 0 aliphatic carbocycles. The smallest absolute Gasteiger partial charge is 0.407 e. The van der Waals surface area contributed by atoms with E-state index >= 15 is 0 Å². The van der Waals surface area contributed by atoms with E-state index in [1.54, 1.807) is 7.05 Å². The number of carbonyl (C=O) groups excluding carboxylic acids is 1. The van der Waals surface area contributed by atoms with Gasteiger partial charge < -0.3 is 10.1 Å². The fourth-order valence-electron chi connectivity index (χ4n) is 2.68. The van der Waals surface area contributed by atoms with Crippen molar-refractivity contribution in [1.29, 1.82) is 0 Å². The van der Waals surface area contributed by atoms with Crippen LogP contribution in [0.25, 0.3) is 0 Å². The zero-order valence-electron chi connectivity index (χ0n) is 18.7. The molecule has 0 radical (unpaired) electrons. The van der Waals surface area contributed by atoms with E-state index in [2.05, 4.69) is 23.8 Å². The molecule has 1 N–H and O–H groups in total. The fourth-order valence-corrected chi connectivity index (χ4v) is 2.68. The molecule has 5 nitrogen and oxygen atoms in total. The van der Waals surface area contributed by atoms with E-state index < -0.39 is 11.7 Å². The molecule has 29 heavy (non-hydrogen) atoms. The van der Waals surface area contributed by atoms with E-state index in [0.29, 0.717) is 6.54 Å². The van der Waals surface area contributed by atoms with Gasteiger partial charge in [-0.2, -0.15) is 0 Å². The van der Waals surface area contributed by atoms with Crippen LogP contribution >= 0.6 is 0 Å². The van der Waals surface area contributed by atoms with Gasteiger partial charge in [-0.1, -0.05) is 37.3 Å². The number of aliphatic imine (C=N–C) groups is 2. The van der Waals surface area contributed by atoms with Crippen molar-refractivity contribution < 1.29 is 9.53 Å². The van der Waals surface area contributed by atoms with E-state index in [1.165, 1.54) is 0 Å². The molecule has 0 aliphatic rings. The molecule has 0 bridgehead atoms. The summed E-state index contributed by atoms with van der Waals surface area (Å²) in [6.45, 7) is 13.9. The van der Waals surface area contributed by atoms with Crippen molar-refractivity contribution in [1.82, 2.24) is 5.32 Å². The standard InChI is InChI=1S/C24H35N3O2/c1-8-10-11-22(27-21(9-2)18(3)16-25-7)20-14-12-19(13-15-20)17-26-23(28)29-24(4,5)6/h8,12-16H,1,9-11,17H2,2-7H3,(H,26,28)/b21-18+,25-16?,27-22?. The zero-order valence-corrected chi connectivity index (χ0v) is 18.7. The SMILES string of the molecule is C=CCCC(=N/C(CC)=C(\C)C=NC)c1ccc(CNC(=O)OC(C)(C)C)cc1. The highest BCUT2D eigenvalue weighted by Crippen LogP contribution is 2.16. The molecule has 1 rings (SSSR count). The lowest BCUT2D eigenvalue weighted by Gasteiger charge is -2.19. The molecule has 1 amide bonds. The van der Waals surface area contributed by atoms with E-state index in [0.717, 1.165) is 47.4 Å². The van der Waals surface area contributed by atoms with E-state index in [-0.39, 0.29) is 0 Å². The van der Waals surface area contributed by atoms with Gasteiger partial charge in [0.2, 0.25) is 0 Å². The summed E-state index contributed by atoms with van der Waals surface area (Å²) in [6.07, 6.45) is 5.86. The average Bonchev–Trinajstić information content (AvgIpc) is 2.66. The van der Waals surface area contributed by atoms with Gasteiger partial charge in [0.25, 0.3) is 0 Å². The molecular weight excluding hydrogens is 362 g/mol. The van der Waals surface area contributed by atoms with Gasteiger partial charge in [-0.25, -0.2) is 4.79 Å². The lowest BCUT2D eigenvalue weighted by Crippen LogP contribution is -2.32. The second-order valence-electron chi connectivity index (χ2n) is 7.81. The molecule has 0 aromatic heterocycles. The number of nitrogens with zero attached hydrogens (tertiary/aromatic N) is 2. The first-order valence-corrected chi connectivity index (χ1v) is 10.1. The molecule has 0 spiro atoms. The fraction of sp³-hybridized carbons (Fsp3) is 0.458. The molecule has 1 aromatic carbocycles. The molecule has 0 aliphatic heterocycles. The number of allylic oxidation sites excluding steroid dienone is 3. The van der Waals surface area contributed by atoms with Gasteiger partial charge in [-0.3, -0.25) is 9.98 Å². The Balaban J connectivity index is 2.99. The normalized spacial score (nSPS) is 13.2. The van der Waals surface area contributed by atoms with Gasteiger partial charge in [0.05, 0.1) is 0 Å². The lowest BCUT2D eigenvalue weighted by atomic mass is 10.0. The zero-order chi connectivity index (χ0) is 21.9. The molecule has 5 heteroatoms. The Kier molecular flexibility index (Phi) is 10.1. The Morgan fingerprint density at radius 1 is 1.24 bits per heavy atom. The summed E-state index contributed by atoms with van der Waals surface area (Å²) in [5, 5.41) is 2.78. The molecular formula is C24H35N3O2. The summed E-state index contributed by atoms with van der Waals surface area (Å²) in [5.74, 6) is 0. The summed E-state index contributed by atoms with van der Waals surface area (Å²) < 4.78 is 5.27. The van der Waals surface area contributed by atoms with Crippen LogP contribution in [-0.4, -0.2) is 30.7 Å². The Bertz CT molecular complexity index is 766. The number of ether oxygens (including phenoxy) is 1. The highest BCUT2D eigenvalue weighted by molar-refractivity contribution is 6.01. The summed E-state index contributed by atoms with van der Waals surface area (Å²) >= 11 is 0. The van der Waals surface area contributed by atoms with Crippen molar-refractivity contribution in [2.45, 2.75) is 66.0 Å². The maximum Gasteiger partial charge on any atom is 0.407 e. The molecule has 0 saturated carbocycles. The van der Waals surface area contributed by atoms with E-state index in [1.807, 2.05) is 64.3 Å². The monoisotopic (exact) mass is 397 g/mol. The Morgan fingerprint density at radius 2 is 1.90 bits per heavy atom. The summed E-state index contributed by atoms with van der Waals surface area (Å²) in [7, 11) is 1.77. The molecule has 158 valence electrons. The van der Waals surface area contributed by atoms with Crippen LogP contribution in [0.5, 0.6) is 0 Å². The Labute approximate surface area is 175 Å². The van der Waals surface area contributed by atoms with Gasteiger partial charge in [0, 0.05) is 31.2 Å². The predicted molar refractivity (Wildman–Crippen MR) is 123 cm³/mol. The van der Waals surface area contributed by atoms with Crippen molar-refractivity contribution >= 4 is 18.0 Å². The summed E-state index contributed by atoms with van der Waals surface area (Å²) in [5.41, 5.74) is 4.70. The van der Waals surface area contributed by atoms with Crippen molar-refractivity contribution in [2.24, 2.45) is 9.98 Å². The Hall–Kier alpha value is -2.69.